The number of hydrogen-bond acceptors (Lipinski definition) is 5. The molecule has 2 aromatic heterocycles. The minimum Gasteiger partial charge on any atom is -0.358 e. The summed E-state index contributed by atoms with van der Waals surface area (Å²) in [6, 6.07) is 6.52. The Labute approximate surface area is 143 Å². The number of benzene rings is 1. The van der Waals surface area contributed by atoms with Crippen LogP contribution in [0.4, 0.5) is 4.39 Å². The van der Waals surface area contributed by atoms with Gasteiger partial charge in [0.1, 0.15) is 28.9 Å². The van der Waals surface area contributed by atoms with E-state index in [1.807, 2.05) is 4.57 Å². The number of rotatable bonds is 4. The summed E-state index contributed by atoms with van der Waals surface area (Å²) in [5, 5.41) is 0.832. The van der Waals surface area contributed by atoms with E-state index < -0.39 is 0 Å². The van der Waals surface area contributed by atoms with Gasteiger partial charge < -0.3 is 4.74 Å². The van der Waals surface area contributed by atoms with Crippen molar-refractivity contribution < 1.29 is 9.13 Å². The summed E-state index contributed by atoms with van der Waals surface area (Å²) in [5.41, 5.74) is 2.64. The van der Waals surface area contributed by atoms with Gasteiger partial charge in [-0.05, 0) is 37.0 Å². The zero-order valence-corrected chi connectivity index (χ0v) is 13.9. The van der Waals surface area contributed by atoms with Crippen LogP contribution in [0.2, 0.25) is 0 Å². The average molecular weight is 344 g/mol. The predicted octanol–water partition coefficient (Wildman–Crippen LogP) is 3.96. The molecule has 0 bridgehead atoms. The fraction of sp³-hybridized carbons (Fsp3) is 0.353. The molecule has 1 atom stereocenters. The first-order chi connectivity index (χ1) is 11.8. The number of fused-ring (bicyclic) bond motifs is 1. The van der Waals surface area contributed by atoms with Crippen molar-refractivity contribution >= 4 is 22.9 Å². The highest BCUT2D eigenvalue weighted by Gasteiger charge is 2.20. The van der Waals surface area contributed by atoms with Gasteiger partial charge in [0.25, 0.3) is 0 Å². The van der Waals surface area contributed by atoms with Crippen molar-refractivity contribution in [3.8, 4) is 0 Å². The number of ether oxygens (including phenoxy) is 1. The second-order valence-electron chi connectivity index (χ2n) is 5.74. The molecule has 0 spiro atoms. The highest BCUT2D eigenvalue weighted by molar-refractivity contribution is 7.98. The fourth-order valence-electron chi connectivity index (χ4n) is 2.82. The normalized spacial score (nSPS) is 18.1. The van der Waals surface area contributed by atoms with E-state index in [9.17, 15) is 4.39 Å². The van der Waals surface area contributed by atoms with E-state index in [4.69, 9.17) is 4.74 Å². The van der Waals surface area contributed by atoms with Gasteiger partial charge in [0.15, 0.2) is 5.65 Å². The van der Waals surface area contributed by atoms with Crippen molar-refractivity contribution in [2.24, 2.45) is 0 Å². The number of nitrogens with zero attached hydrogens (tertiary/aromatic N) is 4. The van der Waals surface area contributed by atoms with E-state index in [0.717, 1.165) is 47.6 Å². The first-order valence-corrected chi connectivity index (χ1v) is 8.96. The predicted molar refractivity (Wildman–Crippen MR) is 90.1 cm³/mol. The van der Waals surface area contributed by atoms with Crippen molar-refractivity contribution in [2.45, 2.75) is 36.3 Å². The maximum Gasteiger partial charge on any atom is 0.166 e. The molecule has 0 aliphatic carbocycles. The van der Waals surface area contributed by atoms with Gasteiger partial charge in [0.2, 0.25) is 0 Å². The van der Waals surface area contributed by atoms with Crippen LogP contribution in [0.3, 0.4) is 0 Å². The SMILES string of the molecule is Fc1ccc(CSc2ncnc3c2ncn3C2CCCCO2)cc1. The Balaban J connectivity index is 1.57. The molecule has 1 unspecified atom stereocenters. The summed E-state index contributed by atoms with van der Waals surface area (Å²) in [6.07, 6.45) is 6.60. The largest absolute Gasteiger partial charge is 0.358 e. The second kappa shape index (κ2) is 6.86. The van der Waals surface area contributed by atoms with Gasteiger partial charge in [-0.25, -0.2) is 19.3 Å². The summed E-state index contributed by atoms with van der Waals surface area (Å²) < 4.78 is 20.8. The molecule has 1 aliphatic heterocycles. The van der Waals surface area contributed by atoms with Crippen molar-refractivity contribution in [3.63, 3.8) is 0 Å². The van der Waals surface area contributed by atoms with E-state index in [1.54, 1.807) is 36.5 Å². The van der Waals surface area contributed by atoms with E-state index in [-0.39, 0.29) is 12.0 Å². The van der Waals surface area contributed by atoms with Crippen molar-refractivity contribution in [1.82, 2.24) is 19.5 Å². The van der Waals surface area contributed by atoms with Gasteiger partial charge in [0, 0.05) is 12.4 Å². The quantitative estimate of drug-likeness (QED) is 0.530. The molecule has 1 aromatic carbocycles. The van der Waals surface area contributed by atoms with Gasteiger partial charge in [-0.2, -0.15) is 0 Å². The standard InChI is InChI=1S/C17H17FN4OS/c18-13-6-4-12(5-7-13)9-24-17-15-16(19-10-20-17)22(11-21-15)14-3-1-2-8-23-14/h4-7,10-11,14H,1-3,8-9H2. The zero-order chi connectivity index (χ0) is 16.4. The van der Waals surface area contributed by atoms with Crippen LogP contribution in [-0.2, 0) is 10.5 Å². The molecule has 24 heavy (non-hydrogen) atoms. The third kappa shape index (κ3) is 3.14. The number of aromatic nitrogens is 4. The molecule has 0 N–H and O–H groups in total. The van der Waals surface area contributed by atoms with Gasteiger partial charge in [-0.1, -0.05) is 23.9 Å². The minimum atomic E-state index is -0.223. The molecular weight excluding hydrogens is 327 g/mol. The summed E-state index contributed by atoms with van der Waals surface area (Å²) in [6.45, 7) is 0.779. The number of imidazole rings is 1. The van der Waals surface area contributed by atoms with Crippen molar-refractivity contribution in [3.05, 3.63) is 48.3 Å². The lowest BCUT2D eigenvalue weighted by Gasteiger charge is -2.23. The van der Waals surface area contributed by atoms with Crippen LogP contribution in [0.15, 0.2) is 41.9 Å². The van der Waals surface area contributed by atoms with Gasteiger partial charge in [-0.3, -0.25) is 4.57 Å². The molecular formula is C17H17FN4OS. The van der Waals surface area contributed by atoms with Gasteiger partial charge in [0.05, 0.1) is 6.33 Å². The summed E-state index contributed by atoms with van der Waals surface area (Å²) in [5.74, 6) is 0.485. The molecule has 5 nitrogen and oxygen atoms in total. The Morgan fingerprint density at radius 1 is 1.17 bits per heavy atom. The Hall–Kier alpha value is -1.99. The Bertz CT molecular complexity index is 830. The minimum absolute atomic E-state index is 0.00796. The van der Waals surface area contributed by atoms with Crippen molar-refractivity contribution in [1.29, 1.82) is 0 Å². The molecule has 1 aliphatic rings. The molecule has 0 saturated carbocycles. The lowest BCUT2D eigenvalue weighted by Crippen LogP contribution is -2.17. The monoisotopic (exact) mass is 344 g/mol. The maximum absolute atomic E-state index is 13.0. The van der Waals surface area contributed by atoms with Crippen LogP contribution in [0.25, 0.3) is 11.2 Å². The zero-order valence-electron chi connectivity index (χ0n) is 13.1. The van der Waals surface area contributed by atoms with Crippen LogP contribution in [-0.4, -0.2) is 26.1 Å². The third-order valence-corrected chi connectivity index (χ3v) is 5.13. The Morgan fingerprint density at radius 2 is 2.04 bits per heavy atom. The number of thioether (sulfide) groups is 1. The average Bonchev–Trinajstić information content (AvgIpc) is 3.07. The summed E-state index contributed by atoms with van der Waals surface area (Å²) in [4.78, 5) is 13.2. The highest BCUT2D eigenvalue weighted by Crippen LogP contribution is 2.30. The van der Waals surface area contributed by atoms with Crippen LogP contribution in [0, 0.1) is 5.82 Å². The number of hydrogen-bond donors (Lipinski definition) is 0. The molecule has 4 rings (SSSR count). The van der Waals surface area contributed by atoms with E-state index in [0.29, 0.717) is 5.75 Å². The molecule has 1 fully saturated rings. The Morgan fingerprint density at radius 3 is 2.83 bits per heavy atom. The second-order valence-corrected chi connectivity index (χ2v) is 6.70. The van der Waals surface area contributed by atoms with E-state index in [1.165, 1.54) is 12.1 Å². The summed E-state index contributed by atoms with van der Waals surface area (Å²) >= 11 is 1.58. The van der Waals surface area contributed by atoms with E-state index >= 15 is 0 Å². The first kappa shape index (κ1) is 15.5. The first-order valence-electron chi connectivity index (χ1n) is 7.97. The topological polar surface area (TPSA) is 52.8 Å². The van der Waals surface area contributed by atoms with Gasteiger partial charge >= 0.3 is 0 Å². The molecule has 3 aromatic rings. The molecule has 0 radical (unpaired) electrons. The highest BCUT2D eigenvalue weighted by atomic mass is 32.2. The van der Waals surface area contributed by atoms with Crippen molar-refractivity contribution in [2.75, 3.05) is 6.61 Å². The van der Waals surface area contributed by atoms with E-state index in [2.05, 4.69) is 15.0 Å². The van der Waals surface area contributed by atoms with Crippen LogP contribution < -0.4 is 0 Å². The van der Waals surface area contributed by atoms with Crippen LogP contribution in [0.5, 0.6) is 0 Å². The van der Waals surface area contributed by atoms with Gasteiger partial charge in [-0.15, -0.1) is 0 Å². The Kier molecular flexibility index (Phi) is 4.44. The van der Waals surface area contributed by atoms with Crippen LogP contribution >= 0.6 is 11.8 Å². The molecule has 1 saturated heterocycles. The lowest BCUT2D eigenvalue weighted by atomic mass is 10.2. The third-order valence-electron chi connectivity index (χ3n) is 4.08. The number of halogens is 1. The lowest BCUT2D eigenvalue weighted by molar-refractivity contribution is -0.0298. The molecule has 124 valence electrons. The maximum atomic E-state index is 13.0. The van der Waals surface area contributed by atoms with Crippen LogP contribution in [0.1, 0.15) is 31.1 Å². The smallest absolute Gasteiger partial charge is 0.166 e. The summed E-state index contributed by atoms with van der Waals surface area (Å²) in [7, 11) is 0. The molecule has 7 heteroatoms. The fourth-order valence-corrected chi connectivity index (χ4v) is 3.72. The molecule has 0 amide bonds. The molecule has 3 heterocycles.